The molecule has 1 aliphatic heterocycles. The summed E-state index contributed by atoms with van der Waals surface area (Å²) in [4.78, 5) is 19.9. The first kappa shape index (κ1) is 13.7. The van der Waals surface area contributed by atoms with Gasteiger partial charge in [0.05, 0.1) is 18.9 Å². The number of rotatable bonds is 3. The van der Waals surface area contributed by atoms with Crippen LogP contribution in [0, 0.1) is 0 Å². The summed E-state index contributed by atoms with van der Waals surface area (Å²) in [6, 6.07) is 1.52. The minimum absolute atomic E-state index is 0.0312. The van der Waals surface area contributed by atoms with Crippen LogP contribution in [-0.4, -0.2) is 39.4 Å². The van der Waals surface area contributed by atoms with Gasteiger partial charge in [0.25, 0.3) is 0 Å². The number of nitrogens with zero attached hydrogens (tertiary/aromatic N) is 4. The Kier molecular flexibility index (Phi) is 3.92. The molecule has 3 heterocycles. The number of carbonyl (C=O) groups excluding carboxylic acids is 1. The summed E-state index contributed by atoms with van der Waals surface area (Å²) in [6.45, 7) is 0.758. The maximum absolute atomic E-state index is 11.5. The van der Waals surface area contributed by atoms with E-state index in [4.69, 9.17) is 4.74 Å². The van der Waals surface area contributed by atoms with Crippen LogP contribution in [0.4, 0.5) is 0 Å². The molecule has 0 aromatic carbocycles. The van der Waals surface area contributed by atoms with E-state index in [1.165, 1.54) is 19.4 Å². The zero-order valence-electron chi connectivity index (χ0n) is 11.7. The van der Waals surface area contributed by atoms with E-state index < -0.39 is 5.97 Å². The van der Waals surface area contributed by atoms with Crippen LogP contribution in [-0.2, 0) is 9.47 Å². The third-order valence-electron chi connectivity index (χ3n) is 3.36. The first-order chi connectivity index (χ1) is 10.3. The van der Waals surface area contributed by atoms with Gasteiger partial charge in [-0.25, -0.2) is 19.4 Å². The molecule has 21 heavy (non-hydrogen) atoms. The van der Waals surface area contributed by atoms with Gasteiger partial charge in [-0.2, -0.15) is 5.10 Å². The Hall–Kier alpha value is -2.28. The maximum atomic E-state index is 11.5. The molecule has 1 fully saturated rings. The SMILES string of the molecule is COC(=O)c1ccnc(-c2cnn(C3CCCCO3)c2)n1. The summed E-state index contributed by atoms with van der Waals surface area (Å²) in [5.74, 6) is -0.0402. The molecule has 110 valence electrons. The van der Waals surface area contributed by atoms with Crippen LogP contribution in [0.1, 0.15) is 36.0 Å². The first-order valence-electron chi connectivity index (χ1n) is 6.85. The lowest BCUT2D eigenvalue weighted by Gasteiger charge is -2.22. The van der Waals surface area contributed by atoms with Crippen molar-refractivity contribution in [2.75, 3.05) is 13.7 Å². The molecule has 7 nitrogen and oxygen atoms in total. The molecule has 0 radical (unpaired) electrons. The van der Waals surface area contributed by atoms with E-state index >= 15 is 0 Å². The second-order valence-corrected chi connectivity index (χ2v) is 4.79. The summed E-state index contributed by atoms with van der Waals surface area (Å²) in [6.07, 6.45) is 8.19. The molecule has 0 amide bonds. The fraction of sp³-hybridized carbons (Fsp3) is 0.429. The van der Waals surface area contributed by atoms with Crippen molar-refractivity contribution in [1.29, 1.82) is 0 Å². The summed E-state index contributed by atoms with van der Waals surface area (Å²) >= 11 is 0. The number of aromatic nitrogens is 4. The molecular weight excluding hydrogens is 272 g/mol. The number of ether oxygens (including phenoxy) is 2. The van der Waals surface area contributed by atoms with Crippen LogP contribution in [0.2, 0.25) is 0 Å². The van der Waals surface area contributed by atoms with Crippen LogP contribution in [0.5, 0.6) is 0 Å². The molecule has 2 aromatic rings. The minimum atomic E-state index is -0.485. The lowest BCUT2D eigenvalue weighted by Crippen LogP contribution is -2.18. The van der Waals surface area contributed by atoms with Crippen LogP contribution in [0.3, 0.4) is 0 Å². The zero-order valence-corrected chi connectivity index (χ0v) is 11.7. The van der Waals surface area contributed by atoms with Crippen molar-refractivity contribution in [3.63, 3.8) is 0 Å². The Bertz CT molecular complexity index is 635. The van der Waals surface area contributed by atoms with Crippen LogP contribution < -0.4 is 0 Å². The van der Waals surface area contributed by atoms with Crippen molar-refractivity contribution >= 4 is 5.97 Å². The molecule has 3 rings (SSSR count). The van der Waals surface area contributed by atoms with E-state index in [1.807, 2.05) is 6.20 Å². The van der Waals surface area contributed by atoms with Crippen molar-refractivity contribution < 1.29 is 14.3 Å². The fourth-order valence-corrected chi connectivity index (χ4v) is 2.26. The third-order valence-corrected chi connectivity index (χ3v) is 3.36. The van der Waals surface area contributed by atoms with Crippen molar-refractivity contribution in [2.24, 2.45) is 0 Å². The first-order valence-corrected chi connectivity index (χ1v) is 6.85. The number of esters is 1. The molecular formula is C14H16N4O3. The predicted molar refractivity (Wildman–Crippen MR) is 73.4 cm³/mol. The van der Waals surface area contributed by atoms with E-state index in [-0.39, 0.29) is 11.9 Å². The fourth-order valence-electron chi connectivity index (χ4n) is 2.26. The molecule has 0 bridgehead atoms. The van der Waals surface area contributed by atoms with Gasteiger partial charge >= 0.3 is 5.97 Å². The third kappa shape index (κ3) is 2.92. The van der Waals surface area contributed by atoms with Crippen molar-refractivity contribution in [1.82, 2.24) is 19.7 Å². The van der Waals surface area contributed by atoms with Crippen molar-refractivity contribution in [2.45, 2.75) is 25.5 Å². The highest BCUT2D eigenvalue weighted by molar-refractivity contribution is 5.87. The number of hydrogen-bond donors (Lipinski definition) is 0. The lowest BCUT2D eigenvalue weighted by molar-refractivity contribution is -0.0394. The molecule has 1 aliphatic rings. The molecule has 7 heteroatoms. The molecule has 0 spiro atoms. The Morgan fingerprint density at radius 3 is 3.14 bits per heavy atom. The number of methoxy groups -OCH3 is 1. The lowest BCUT2D eigenvalue weighted by atomic mass is 10.2. The zero-order chi connectivity index (χ0) is 14.7. The largest absolute Gasteiger partial charge is 0.464 e. The number of hydrogen-bond acceptors (Lipinski definition) is 6. The molecule has 1 unspecified atom stereocenters. The Labute approximate surface area is 121 Å². The molecule has 2 aromatic heterocycles. The Balaban J connectivity index is 1.84. The van der Waals surface area contributed by atoms with Gasteiger partial charge < -0.3 is 9.47 Å². The average Bonchev–Trinajstić information content (AvgIpc) is 3.05. The van der Waals surface area contributed by atoms with Gasteiger partial charge in [0.1, 0.15) is 6.23 Å². The summed E-state index contributed by atoms with van der Waals surface area (Å²) in [5.41, 5.74) is 0.971. The molecule has 0 aliphatic carbocycles. The van der Waals surface area contributed by atoms with E-state index in [1.54, 1.807) is 10.9 Å². The molecule has 0 saturated carbocycles. The van der Waals surface area contributed by atoms with Crippen LogP contribution >= 0.6 is 0 Å². The summed E-state index contributed by atoms with van der Waals surface area (Å²) in [7, 11) is 1.32. The monoisotopic (exact) mass is 288 g/mol. The molecule has 0 N–H and O–H groups in total. The highest BCUT2D eigenvalue weighted by Gasteiger charge is 2.18. The summed E-state index contributed by atoms with van der Waals surface area (Å²) < 4.78 is 12.1. The second kappa shape index (κ2) is 6.01. The normalized spacial score (nSPS) is 18.4. The minimum Gasteiger partial charge on any atom is -0.464 e. The van der Waals surface area contributed by atoms with Gasteiger partial charge in [-0.15, -0.1) is 0 Å². The average molecular weight is 288 g/mol. The van der Waals surface area contributed by atoms with Crippen molar-refractivity contribution in [3.05, 3.63) is 30.4 Å². The van der Waals surface area contributed by atoms with Gasteiger partial charge in [-0.05, 0) is 25.3 Å². The Morgan fingerprint density at radius 1 is 1.48 bits per heavy atom. The van der Waals surface area contributed by atoms with E-state index in [2.05, 4.69) is 19.8 Å². The molecule has 1 atom stereocenters. The van der Waals surface area contributed by atoms with E-state index in [0.717, 1.165) is 31.4 Å². The topological polar surface area (TPSA) is 79.1 Å². The smallest absolute Gasteiger partial charge is 0.356 e. The predicted octanol–water partition coefficient (Wildman–Crippen LogP) is 1.83. The van der Waals surface area contributed by atoms with Gasteiger partial charge in [0.15, 0.2) is 11.5 Å². The standard InChI is InChI=1S/C14H16N4O3/c1-20-14(19)11-5-6-15-13(17-11)10-8-16-18(9-10)12-4-2-3-7-21-12/h5-6,8-9,12H,2-4,7H2,1H3. The van der Waals surface area contributed by atoms with Gasteiger partial charge in [0.2, 0.25) is 0 Å². The van der Waals surface area contributed by atoms with Crippen LogP contribution in [0.25, 0.3) is 11.4 Å². The van der Waals surface area contributed by atoms with E-state index in [9.17, 15) is 4.79 Å². The highest BCUT2D eigenvalue weighted by Crippen LogP contribution is 2.23. The maximum Gasteiger partial charge on any atom is 0.356 e. The van der Waals surface area contributed by atoms with Crippen molar-refractivity contribution in [3.8, 4) is 11.4 Å². The highest BCUT2D eigenvalue weighted by atomic mass is 16.5. The quantitative estimate of drug-likeness (QED) is 0.802. The van der Waals surface area contributed by atoms with E-state index in [0.29, 0.717) is 5.82 Å². The molecule has 1 saturated heterocycles. The summed E-state index contributed by atoms with van der Waals surface area (Å²) in [5, 5.41) is 4.31. The van der Waals surface area contributed by atoms with Gasteiger partial charge in [0, 0.05) is 19.0 Å². The second-order valence-electron chi connectivity index (χ2n) is 4.79. The Morgan fingerprint density at radius 2 is 2.38 bits per heavy atom. The number of carbonyl (C=O) groups is 1. The van der Waals surface area contributed by atoms with Gasteiger partial charge in [-0.3, -0.25) is 0 Å². The van der Waals surface area contributed by atoms with Gasteiger partial charge in [-0.1, -0.05) is 0 Å². The van der Waals surface area contributed by atoms with Crippen LogP contribution in [0.15, 0.2) is 24.7 Å².